The number of rotatable bonds is 1. The molecule has 0 N–H and O–H groups in total. The highest BCUT2D eigenvalue weighted by Crippen LogP contribution is 2.46. The van der Waals surface area contributed by atoms with Gasteiger partial charge in [0.1, 0.15) is 5.82 Å². The molecule has 1 aliphatic heterocycles. The van der Waals surface area contributed by atoms with Gasteiger partial charge in [0.15, 0.2) is 0 Å². The number of hydrogen-bond acceptors (Lipinski definition) is 2. The SMILES string of the molecule is O=C1CC2(CCCCCC2)C(=O)N1c1ccc(Br)cc1F. The fourth-order valence-corrected chi connectivity index (χ4v) is 3.83. The molecule has 2 amide bonds. The first-order valence-corrected chi connectivity index (χ1v) is 8.15. The van der Waals surface area contributed by atoms with Gasteiger partial charge in [-0.3, -0.25) is 9.59 Å². The highest BCUT2D eigenvalue weighted by atomic mass is 79.9. The first kappa shape index (κ1) is 14.7. The normalized spacial score (nSPS) is 21.9. The second kappa shape index (κ2) is 5.52. The molecule has 1 heterocycles. The van der Waals surface area contributed by atoms with E-state index >= 15 is 0 Å². The summed E-state index contributed by atoms with van der Waals surface area (Å²) in [5.74, 6) is -1.03. The molecule has 0 radical (unpaired) electrons. The van der Waals surface area contributed by atoms with Gasteiger partial charge in [0, 0.05) is 10.9 Å². The van der Waals surface area contributed by atoms with E-state index in [1.165, 1.54) is 12.1 Å². The molecule has 1 saturated carbocycles. The molecule has 0 atom stereocenters. The lowest BCUT2D eigenvalue weighted by atomic mass is 9.79. The van der Waals surface area contributed by atoms with Gasteiger partial charge in [-0.25, -0.2) is 9.29 Å². The predicted molar refractivity (Wildman–Crippen MR) is 81.3 cm³/mol. The maximum atomic E-state index is 14.1. The first-order valence-electron chi connectivity index (χ1n) is 7.36. The highest BCUT2D eigenvalue weighted by Gasteiger charge is 2.51. The zero-order valence-corrected chi connectivity index (χ0v) is 13.3. The lowest BCUT2D eigenvalue weighted by Crippen LogP contribution is -2.36. The second-order valence-electron chi connectivity index (χ2n) is 6.00. The van der Waals surface area contributed by atoms with Crippen LogP contribution in [0.15, 0.2) is 22.7 Å². The minimum atomic E-state index is -0.590. The third kappa shape index (κ3) is 2.52. The first-order chi connectivity index (χ1) is 10.0. The van der Waals surface area contributed by atoms with E-state index in [2.05, 4.69) is 15.9 Å². The number of halogens is 2. The zero-order valence-electron chi connectivity index (χ0n) is 11.7. The summed E-state index contributed by atoms with van der Waals surface area (Å²) < 4.78 is 14.7. The van der Waals surface area contributed by atoms with Crippen LogP contribution in [-0.4, -0.2) is 11.8 Å². The third-order valence-corrected chi connectivity index (χ3v) is 5.10. The van der Waals surface area contributed by atoms with E-state index in [-0.39, 0.29) is 23.9 Å². The molecule has 1 aromatic rings. The Morgan fingerprint density at radius 1 is 1.10 bits per heavy atom. The second-order valence-corrected chi connectivity index (χ2v) is 6.92. The minimum Gasteiger partial charge on any atom is -0.274 e. The number of amides is 2. The van der Waals surface area contributed by atoms with E-state index in [1.54, 1.807) is 6.07 Å². The van der Waals surface area contributed by atoms with Gasteiger partial charge in [-0.15, -0.1) is 0 Å². The molecular formula is C16H17BrFNO2. The van der Waals surface area contributed by atoms with E-state index in [9.17, 15) is 14.0 Å². The minimum absolute atomic E-state index is 0.0781. The Balaban J connectivity index is 1.97. The van der Waals surface area contributed by atoms with Gasteiger partial charge >= 0.3 is 0 Å². The molecule has 3 nitrogen and oxygen atoms in total. The van der Waals surface area contributed by atoms with Gasteiger partial charge in [0.05, 0.1) is 11.1 Å². The van der Waals surface area contributed by atoms with Gasteiger partial charge < -0.3 is 0 Å². The van der Waals surface area contributed by atoms with E-state index in [0.29, 0.717) is 4.47 Å². The number of carbonyl (C=O) groups excluding carboxylic acids is 2. The zero-order chi connectivity index (χ0) is 15.0. The molecule has 1 aromatic carbocycles. The maximum absolute atomic E-state index is 14.1. The van der Waals surface area contributed by atoms with Crippen molar-refractivity contribution in [3.05, 3.63) is 28.5 Å². The van der Waals surface area contributed by atoms with Crippen LogP contribution in [0.3, 0.4) is 0 Å². The molecule has 3 rings (SSSR count). The lowest BCUT2D eigenvalue weighted by molar-refractivity contribution is -0.126. The van der Waals surface area contributed by atoms with Crippen LogP contribution < -0.4 is 4.90 Å². The summed E-state index contributed by atoms with van der Waals surface area (Å²) in [5, 5.41) is 0. The summed E-state index contributed by atoms with van der Waals surface area (Å²) in [6.45, 7) is 0. The van der Waals surface area contributed by atoms with Crippen LogP contribution >= 0.6 is 15.9 Å². The molecule has 0 unspecified atom stereocenters. The number of anilines is 1. The Labute approximate surface area is 131 Å². The maximum Gasteiger partial charge on any atom is 0.240 e. The van der Waals surface area contributed by atoms with Crippen LogP contribution in [0, 0.1) is 11.2 Å². The summed E-state index contributed by atoms with van der Waals surface area (Å²) in [5.41, 5.74) is -0.512. The molecule has 21 heavy (non-hydrogen) atoms. The Hall–Kier alpha value is -1.23. The molecule has 1 spiro atoms. The monoisotopic (exact) mass is 353 g/mol. The van der Waals surface area contributed by atoms with Gasteiger partial charge in [0.25, 0.3) is 0 Å². The molecule has 0 bridgehead atoms. The molecule has 2 fully saturated rings. The lowest BCUT2D eigenvalue weighted by Gasteiger charge is -2.25. The number of carbonyl (C=O) groups is 2. The fourth-order valence-electron chi connectivity index (χ4n) is 3.50. The molecule has 5 heteroatoms. The predicted octanol–water partition coefficient (Wildman–Crippen LogP) is 4.19. The van der Waals surface area contributed by atoms with Crippen LogP contribution in [-0.2, 0) is 9.59 Å². The summed E-state index contributed by atoms with van der Waals surface area (Å²) in [7, 11) is 0. The van der Waals surface area contributed by atoms with Gasteiger partial charge in [-0.1, -0.05) is 41.6 Å². The van der Waals surface area contributed by atoms with E-state index in [0.717, 1.165) is 43.4 Å². The van der Waals surface area contributed by atoms with Crippen molar-refractivity contribution in [3.8, 4) is 0 Å². The summed E-state index contributed by atoms with van der Waals surface area (Å²) in [6.07, 6.45) is 5.86. The number of hydrogen-bond donors (Lipinski definition) is 0. The molecule has 0 aromatic heterocycles. The Morgan fingerprint density at radius 3 is 2.38 bits per heavy atom. The average Bonchev–Trinajstić information content (AvgIpc) is 2.60. The highest BCUT2D eigenvalue weighted by molar-refractivity contribution is 9.10. The van der Waals surface area contributed by atoms with Crippen molar-refractivity contribution in [2.75, 3.05) is 4.90 Å². The van der Waals surface area contributed by atoms with Gasteiger partial charge in [-0.05, 0) is 31.0 Å². The van der Waals surface area contributed by atoms with Crippen LogP contribution in [0.4, 0.5) is 10.1 Å². The number of benzene rings is 1. The summed E-state index contributed by atoms with van der Waals surface area (Å²) >= 11 is 3.19. The molecular weight excluding hydrogens is 337 g/mol. The largest absolute Gasteiger partial charge is 0.274 e. The smallest absolute Gasteiger partial charge is 0.240 e. The molecule has 112 valence electrons. The number of nitrogens with zero attached hydrogens (tertiary/aromatic N) is 1. The molecule has 1 saturated heterocycles. The van der Waals surface area contributed by atoms with Crippen molar-refractivity contribution < 1.29 is 14.0 Å². The summed E-state index contributed by atoms with van der Waals surface area (Å²) in [4.78, 5) is 26.2. The van der Waals surface area contributed by atoms with E-state index in [1.807, 2.05) is 0 Å². The van der Waals surface area contributed by atoms with Crippen LogP contribution in [0.5, 0.6) is 0 Å². The third-order valence-electron chi connectivity index (χ3n) is 4.61. The topological polar surface area (TPSA) is 37.4 Å². The van der Waals surface area contributed by atoms with Crippen molar-refractivity contribution in [1.82, 2.24) is 0 Å². The Morgan fingerprint density at radius 2 is 1.76 bits per heavy atom. The van der Waals surface area contributed by atoms with Crippen molar-refractivity contribution in [1.29, 1.82) is 0 Å². The Bertz CT molecular complexity index is 594. The Kier molecular flexibility index (Phi) is 3.86. The standard InChI is InChI=1S/C16H17BrFNO2/c17-11-5-6-13(12(18)9-11)19-14(20)10-16(15(19)21)7-3-1-2-4-8-16/h5-6,9H,1-4,7-8,10H2. The van der Waals surface area contributed by atoms with Crippen molar-refractivity contribution >= 4 is 33.4 Å². The average molecular weight is 354 g/mol. The van der Waals surface area contributed by atoms with Crippen molar-refractivity contribution in [2.24, 2.45) is 5.41 Å². The van der Waals surface area contributed by atoms with Crippen LogP contribution in [0.1, 0.15) is 44.9 Å². The fraction of sp³-hybridized carbons (Fsp3) is 0.500. The van der Waals surface area contributed by atoms with Gasteiger partial charge in [0.2, 0.25) is 11.8 Å². The van der Waals surface area contributed by atoms with Crippen LogP contribution in [0.2, 0.25) is 0 Å². The van der Waals surface area contributed by atoms with Crippen molar-refractivity contribution in [2.45, 2.75) is 44.9 Å². The molecule has 2 aliphatic rings. The number of imide groups is 1. The molecule has 1 aliphatic carbocycles. The van der Waals surface area contributed by atoms with Crippen LogP contribution in [0.25, 0.3) is 0 Å². The van der Waals surface area contributed by atoms with E-state index in [4.69, 9.17) is 0 Å². The van der Waals surface area contributed by atoms with Gasteiger partial charge in [-0.2, -0.15) is 0 Å². The van der Waals surface area contributed by atoms with E-state index < -0.39 is 11.2 Å². The van der Waals surface area contributed by atoms with Crippen molar-refractivity contribution in [3.63, 3.8) is 0 Å². The quantitative estimate of drug-likeness (QED) is 0.709. The summed E-state index contributed by atoms with van der Waals surface area (Å²) in [6, 6.07) is 4.43.